The van der Waals surface area contributed by atoms with Crippen LogP contribution in [0.25, 0.3) is 0 Å². The van der Waals surface area contributed by atoms with Crippen molar-refractivity contribution in [3.63, 3.8) is 0 Å². The number of rotatable bonds is 2. The predicted octanol–water partition coefficient (Wildman–Crippen LogP) is -0.289. The maximum Gasteiger partial charge on any atom is 0.375 e. The van der Waals surface area contributed by atoms with Crippen molar-refractivity contribution in [1.82, 2.24) is 0 Å². The normalized spacial score (nSPS) is 7.83. The van der Waals surface area contributed by atoms with Gasteiger partial charge in [0.25, 0.3) is 0 Å². The van der Waals surface area contributed by atoms with E-state index in [4.69, 9.17) is 0 Å². The minimum Gasteiger partial charge on any atom is -0.447 e. The number of carbonyl (C=O) groups is 3. The molecule has 0 radical (unpaired) electrons. The van der Waals surface area contributed by atoms with Gasteiger partial charge in [-0.2, -0.15) is 0 Å². The van der Waals surface area contributed by atoms with Gasteiger partial charge in [-0.15, -0.1) is 0 Å². The van der Waals surface area contributed by atoms with Crippen molar-refractivity contribution < 1.29 is 19.1 Å². The quantitative estimate of drug-likeness (QED) is 0.246. The smallest absolute Gasteiger partial charge is 0.375 e. The Hall–Kier alpha value is -1.63. The third-order valence-corrected chi connectivity index (χ3v) is 0.827. The second-order valence-electron chi connectivity index (χ2n) is 1.99. The number of hydrogen-bond donors (Lipinski definition) is 0. The number of carbonyl (C=O) groups excluding carboxylic acids is 3. The summed E-state index contributed by atoms with van der Waals surface area (Å²) in [7, 11) is 0. The van der Waals surface area contributed by atoms with Crippen LogP contribution >= 0.6 is 0 Å². The van der Waals surface area contributed by atoms with E-state index >= 15 is 0 Å². The first-order chi connectivity index (χ1) is 5.54. The van der Waals surface area contributed by atoms with Gasteiger partial charge < -0.3 is 4.74 Å². The van der Waals surface area contributed by atoms with Gasteiger partial charge in [-0.3, -0.25) is 9.59 Å². The monoisotopic (exact) mass is 168 g/mol. The fourth-order valence-electron chi connectivity index (χ4n) is 0.364. The van der Waals surface area contributed by atoms with Gasteiger partial charge in [0.15, 0.2) is 6.61 Å². The van der Waals surface area contributed by atoms with Crippen molar-refractivity contribution in [2.45, 2.75) is 13.8 Å². The molecule has 4 nitrogen and oxygen atoms in total. The molecule has 0 heterocycles. The lowest BCUT2D eigenvalue weighted by molar-refractivity contribution is -0.151. The average Bonchev–Trinajstić information content (AvgIpc) is 1.97. The molecule has 0 unspecified atom stereocenters. The van der Waals surface area contributed by atoms with Crippen LogP contribution in [0.5, 0.6) is 0 Å². The molecule has 0 saturated carbocycles. The van der Waals surface area contributed by atoms with E-state index in [1.54, 1.807) is 0 Å². The van der Waals surface area contributed by atoms with Crippen molar-refractivity contribution in [3.05, 3.63) is 0 Å². The van der Waals surface area contributed by atoms with Gasteiger partial charge >= 0.3 is 5.97 Å². The second-order valence-corrected chi connectivity index (χ2v) is 1.99. The molecule has 0 bridgehead atoms. The standard InChI is InChI=1S/C8H8O4/c1-6(9)4-3-5-12-8(11)7(2)10/h5H2,1-2H3. The molecule has 0 spiro atoms. The van der Waals surface area contributed by atoms with Crippen LogP contribution < -0.4 is 0 Å². The van der Waals surface area contributed by atoms with Gasteiger partial charge in [0, 0.05) is 13.8 Å². The molecule has 0 aromatic carbocycles. The molecular formula is C8H8O4. The summed E-state index contributed by atoms with van der Waals surface area (Å²) in [6.07, 6.45) is 0. The minimum atomic E-state index is -0.937. The number of ether oxygens (including phenoxy) is 1. The first kappa shape index (κ1) is 10.4. The SMILES string of the molecule is CC(=O)C#CCOC(=O)C(C)=O. The molecule has 12 heavy (non-hydrogen) atoms. The maximum atomic E-state index is 10.5. The lowest BCUT2D eigenvalue weighted by atomic mass is 10.4. The van der Waals surface area contributed by atoms with Gasteiger partial charge in [-0.25, -0.2) is 4.79 Å². The Morgan fingerprint density at radius 2 is 1.83 bits per heavy atom. The second kappa shape index (κ2) is 5.08. The van der Waals surface area contributed by atoms with E-state index < -0.39 is 11.8 Å². The third kappa shape index (κ3) is 5.18. The molecule has 4 heteroatoms. The molecule has 0 amide bonds. The lowest BCUT2D eigenvalue weighted by Crippen LogP contribution is -2.13. The zero-order valence-electron chi connectivity index (χ0n) is 6.84. The molecule has 0 aliphatic heterocycles. The minimum absolute atomic E-state index is 0.224. The van der Waals surface area contributed by atoms with Gasteiger partial charge in [-0.05, 0) is 5.92 Å². The summed E-state index contributed by atoms with van der Waals surface area (Å²) in [5.41, 5.74) is 0. The average molecular weight is 168 g/mol. The van der Waals surface area contributed by atoms with Gasteiger partial charge in [-0.1, -0.05) is 5.92 Å². The Morgan fingerprint density at radius 3 is 2.25 bits per heavy atom. The van der Waals surface area contributed by atoms with E-state index in [1.165, 1.54) is 6.92 Å². The number of ketones is 2. The molecule has 0 aromatic heterocycles. The van der Waals surface area contributed by atoms with Crippen LogP contribution in [0.2, 0.25) is 0 Å². The van der Waals surface area contributed by atoms with Crippen LogP contribution in [-0.2, 0) is 19.1 Å². The Bertz CT molecular complexity index is 267. The van der Waals surface area contributed by atoms with E-state index in [0.29, 0.717) is 0 Å². The lowest BCUT2D eigenvalue weighted by Gasteiger charge is -1.93. The summed E-state index contributed by atoms with van der Waals surface area (Å²) in [6, 6.07) is 0. The molecular weight excluding hydrogens is 160 g/mol. The van der Waals surface area contributed by atoms with Crippen molar-refractivity contribution in [2.24, 2.45) is 0 Å². The zero-order valence-corrected chi connectivity index (χ0v) is 6.84. The van der Waals surface area contributed by atoms with E-state index in [-0.39, 0.29) is 12.4 Å². The summed E-state index contributed by atoms with van der Waals surface area (Å²) in [4.78, 5) is 31.0. The molecule has 0 aliphatic carbocycles. The summed E-state index contributed by atoms with van der Waals surface area (Å²) < 4.78 is 4.34. The number of esters is 1. The van der Waals surface area contributed by atoms with E-state index in [9.17, 15) is 14.4 Å². The first-order valence-electron chi connectivity index (χ1n) is 3.21. The summed E-state index contributed by atoms with van der Waals surface area (Å²) >= 11 is 0. The number of hydrogen-bond acceptors (Lipinski definition) is 4. The summed E-state index contributed by atoms with van der Waals surface area (Å²) in [5.74, 6) is 2.51. The molecule has 0 atom stereocenters. The van der Waals surface area contributed by atoms with Crippen molar-refractivity contribution in [2.75, 3.05) is 6.61 Å². The molecule has 0 aromatic rings. The van der Waals surface area contributed by atoms with Gasteiger partial charge in [0.05, 0.1) is 0 Å². The fourth-order valence-corrected chi connectivity index (χ4v) is 0.364. The Labute approximate surface area is 69.9 Å². The van der Waals surface area contributed by atoms with Crippen LogP contribution in [0.4, 0.5) is 0 Å². The van der Waals surface area contributed by atoms with Gasteiger partial charge in [0.2, 0.25) is 11.6 Å². The molecule has 0 aliphatic rings. The molecule has 64 valence electrons. The predicted molar refractivity (Wildman–Crippen MR) is 40.1 cm³/mol. The maximum absolute atomic E-state index is 10.5. The zero-order chi connectivity index (χ0) is 9.56. The fraction of sp³-hybridized carbons (Fsp3) is 0.375. The Morgan fingerprint density at radius 1 is 1.25 bits per heavy atom. The Balaban J connectivity index is 3.73. The highest BCUT2D eigenvalue weighted by molar-refractivity contribution is 6.32. The van der Waals surface area contributed by atoms with Gasteiger partial charge in [0.1, 0.15) is 0 Å². The molecule has 0 N–H and O–H groups in total. The summed E-state index contributed by atoms with van der Waals surface area (Å²) in [6.45, 7) is 2.17. The highest BCUT2D eigenvalue weighted by atomic mass is 16.5. The first-order valence-corrected chi connectivity index (χ1v) is 3.21. The van der Waals surface area contributed by atoms with E-state index in [0.717, 1.165) is 6.92 Å². The van der Waals surface area contributed by atoms with Crippen molar-refractivity contribution in [1.29, 1.82) is 0 Å². The summed E-state index contributed by atoms with van der Waals surface area (Å²) in [5, 5.41) is 0. The van der Waals surface area contributed by atoms with E-state index in [1.807, 2.05) is 0 Å². The largest absolute Gasteiger partial charge is 0.447 e. The van der Waals surface area contributed by atoms with E-state index in [2.05, 4.69) is 16.6 Å². The highest BCUT2D eigenvalue weighted by Gasteiger charge is 2.06. The van der Waals surface area contributed by atoms with Crippen LogP contribution in [0.1, 0.15) is 13.8 Å². The number of Topliss-reactive ketones (excluding diaryl/α,β-unsaturated/α-hetero) is 2. The van der Waals surface area contributed by atoms with Crippen LogP contribution in [-0.4, -0.2) is 24.1 Å². The molecule has 0 saturated heterocycles. The van der Waals surface area contributed by atoms with Crippen LogP contribution in [0.15, 0.2) is 0 Å². The Kier molecular flexibility index (Phi) is 4.39. The van der Waals surface area contributed by atoms with Crippen LogP contribution in [0, 0.1) is 11.8 Å². The molecule has 0 fully saturated rings. The molecule has 0 rings (SSSR count). The van der Waals surface area contributed by atoms with Crippen LogP contribution in [0.3, 0.4) is 0 Å². The third-order valence-electron chi connectivity index (χ3n) is 0.827. The highest BCUT2D eigenvalue weighted by Crippen LogP contribution is 1.78. The topological polar surface area (TPSA) is 60.4 Å². The van der Waals surface area contributed by atoms with Crippen molar-refractivity contribution >= 4 is 17.5 Å². The van der Waals surface area contributed by atoms with Crippen molar-refractivity contribution in [3.8, 4) is 11.8 Å².